The van der Waals surface area contributed by atoms with Crippen LogP contribution in [0.25, 0.3) is 5.65 Å². The van der Waals surface area contributed by atoms with Gasteiger partial charge in [0.05, 0.1) is 5.56 Å². The van der Waals surface area contributed by atoms with Crippen molar-refractivity contribution in [3.05, 3.63) is 42.4 Å². The first-order chi connectivity index (χ1) is 8.79. The first kappa shape index (κ1) is 10.4. The van der Waals surface area contributed by atoms with E-state index in [9.17, 15) is 0 Å². The maximum atomic E-state index is 8.92. The molecule has 0 saturated heterocycles. The van der Waals surface area contributed by atoms with Gasteiger partial charge in [0, 0.05) is 6.20 Å². The molecular weight excluding hydrogens is 230 g/mol. The minimum Gasteiger partial charge on any atom is -0.283 e. The van der Waals surface area contributed by atoms with Crippen LogP contribution >= 0.6 is 0 Å². The number of nitrogens with zero attached hydrogens (tertiary/aromatic N) is 7. The molecule has 7 nitrogen and oxygen atoms in total. The number of pyridine rings is 1. The molecule has 3 rings (SSSR count). The fraction of sp³-hybridized carbons (Fsp3) is 0.182. The number of hydrogen-bond acceptors (Lipinski definition) is 5. The fourth-order valence-electron chi connectivity index (χ4n) is 1.80. The van der Waals surface area contributed by atoms with E-state index in [4.69, 9.17) is 5.26 Å². The third kappa shape index (κ3) is 1.51. The van der Waals surface area contributed by atoms with Gasteiger partial charge in [0.2, 0.25) is 0 Å². The molecule has 0 fully saturated rings. The molecule has 1 unspecified atom stereocenters. The molecule has 0 bridgehead atoms. The molecule has 0 saturated carbocycles. The SMILES string of the molecule is CC(c1nnc2ccc(C#N)cn12)n1cncn1. The number of fused-ring (bicyclic) bond motifs is 1. The zero-order chi connectivity index (χ0) is 12.5. The molecule has 0 aliphatic rings. The highest BCUT2D eigenvalue weighted by Gasteiger charge is 2.15. The van der Waals surface area contributed by atoms with E-state index in [0.717, 1.165) is 0 Å². The van der Waals surface area contributed by atoms with Gasteiger partial charge in [-0.2, -0.15) is 10.4 Å². The molecule has 0 aromatic carbocycles. The summed E-state index contributed by atoms with van der Waals surface area (Å²) in [7, 11) is 0. The largest absolute Gasteiger partial charge is 0.283 e. The predicted molar refractivity (Wildman–Crippen MR) is 61.5 cm³/mol. The summed E-state index contributed by atoms with van der Waals surface area (Å²) in [5.41, 5.74) is 1.27. The minimum absolute atomic E-state index is 0.101. The van der Waals surface area contributed by atoms with Crippen molar-refractivity contribution in [2.24, 2.45) is 0 Å². The van der Waals surface area contributed by atoms with Gasteiger partial charge in [0.25, 0.3) is 0 Å². The molecule has 0 aliphatic heterocycles. The third-order valence-electron chi connectivity index (χ3n) is 2.76. The van der Waals surface area contributed by atoms with E-state index in [-0.39, 0.29) is 6.04 Å². The van der Waals surface area contributed by atoms with Crippen molar-refractivity contribution in [2.45, 2.75) is 13.0 Å². The summed E-state index contributed by atoms with van der Waals surface area (Å²) in [4.78, 5) is 3.91. The van der Waals surface area contributed by atoms with E-state index in [1.165, 1.54) is 6.33 Å². The van der Waals surface area contributed by atoms with Crippen LogP contribution in [0.15, 0.2) is 31.0 Å². The van der Waals surface area contributed by atoms with Gasteiger partial charge >= 0.3 is 0 Å². The molecule has 88 valence electrons. The molecular formula is C11H9N7. The molecule has 0 aliphatic carbocycles. The Hall–Kier alpha value is -2.75. The highest BCUT2D eigenvalue weighted by molar-refractivity contribution is 5.42. The van der Waals surface area contributed by atoms with E-state index < -0.39 is 0 Å². The maximum Gasteiger partial charge on any atom is 0.162 e. The van der Waals surface area contributed by atoms with Crippen molar-refractivity contribution in [3.63, 3.8) is 0 Å². The number of aromatic nitrogens is 6. The van der Waals surface area contributed by atoms with E-state index in [1.54, 1.807) is 33.7 Å². The second-order valence-electron chi connectivity index (χ2n) is 3.87. The summed E-state index contributed by atoms with van der Waals surface area (Å²) in [5, 5.41) is 21.2. The third-order valence-corrected chi connectivity index (χ3v) is 2.76. The summed E-state index contributed by atoms with van der Waals surface area (Å²) >= 11 is 0. The zero-order valence-corrected chi connectivity index (χ0v) is 9.59. The number of rotatable bonds is 2. The Labute approximate surface area is 102 Å². The zero-order valence-electron chi connectivity index (χ0n) is 9.59. The Morgan fingerprint density at radius 1 is 1.33 bits per heavy atom. The van der Waals surface area contributed by atoms with Gasteiger partial charge in [-0.25, -0.2) is 9.67 Å². The van der Waals surface area contributed by atoms with Crippen LogP contribution in [0.2, 0.25) is 0 Å². The summed E-state index contributed by atoms with van der Waals surface area (Å²) in [6.45, 7) is 1.95. The van der Waals surface area contributed by atoms with Gasteiger partial charge in [0.15, 0.2) is 11.5 Å². The first-order valence-corrected chi connectivity index (χ1v) is 5.38. The predicted octanol–water partition coefficient (Wildman–Crippen LogP) is 0.802. The van der Waals surface area contributed by atoms with Gasteiger partial charge in [-0.05, 0) is 19.1 Å². The first-order valence-electron chi connectivity index (χ1n) is 5.38. The average Bonchev–Trinajstić information content (AvgIpc) is 3.06. The molecule has 3 heterocycles. The van der Waals surface area contributed by atoms with Crippen LogP contribution in [0.4, 0.5) is 0 Å². The summed E-state index contributed by atoms with van der Waals surface area (Å²) in [5.74, 6) is 0.715. The van der Waals surface area contributed by atoms with Crippen molar-refractivity contribution in [1.82, 2.24) is 29.4 Å². The second kappa shape index (κ2) is 3.92. The lowest BCUT2D eigenvalue weighted by Gasteiger charge is -2.09. The lowest BCUT2D eigenvalue weighted by atomic mass is 10.3. The average molecular weight is 239 g/mol. The molecule has 1 atom stereocenters. The van der Waals surface area contributed by atoms with Crippen molar-refractivity contribution < 1.29 is 0 Å². The lowest BCUT2D eigenvalue weighted by molar-refractivity contribution is 0.530. The van der Waals surface area contributed by atoms with Crippen molar-refractivity contribution >= 4 is 5.65 Å². The van der Waals surface area contributed by atoms with Gasteiger partial charge in [-0.1, -0.05) is 0 Å². The minimum atomic E-state index is -0.101. The van der Waals surface area contributed by atoms with Crippen LogP contribution in [0.5, 0.6) is 0 Å². The Balaban J connectivity index is 2.15. The van der Waals surface area contributed by atoms with Crippen molar-refractivity contribution in [3.8, 4) is 6.07 Å². The van der Waals surface area contributed by atoms with Crippen LogP contribution in [0.3, 0.4) is 0 Å². The number of hydrogen-bond donors (Lipinski definition) is 0. The summed E-state index contributed by atoms with van der Waals surface area (Å²) in [6, 6.07) is 5.48. The van der Waals surface area contributed by atoms with Crippen LogP contribution in [0.1, 0.15) is 24.4 Å². The van der Waals surface area contributed by atoms with E-state index >= 15 is 0 Å². The highest BCUT2D eigenvalue weighted by Crippen LogP contribution is 2.16. The quantitative estimate of drug-likeness (QED) is 0.660. The van der Waals surface area contributed by atoms with Crippen molar-refractivity contribution in [2.75, 3.05) is 0 Å². The van der Waals surface area contributed by atoms with Gasteiger partial charge < -0.3 is 0 Å². The second-order valence-corrected chi connectivity index (χ2v) is 3.87. The Bertz CT molecular complexity index is 720. The normalized spacial score (nSPS) is 12.4. The van der Waals surface area contributed by atoms with E-state index in [1.807, 2.05) is 6.92 Å². The highest BCUT2D eigenvalue weighted by atomic mass is 15.4. The monoisotopic (exact) mass is 239 g/mol. The number of nitriles is 1. The van der Waals surface area contributed by atoms with Crippen molar-refractivity contribution in [1.29, 1.82) is 5.26 Å². The van der Waals surface area contributed by atoms with Gasteiger partial charge in [-0.3, -0.25) is 4.40 Å². The molecule has 3 aromatic heterocycles. The standard InChI is InChI=1S/C11H9N7/c1-8(18-7-13-6-14-18)11-16-15-10-3-2-9(4-12)5-17(10)11/h2-3,5-8H,1H3. The Morgan fingerprint density at radius 3 is 2.94 bits per heavy atom. The van der Waals surface area contributed by atoms with Crippen LogP contribution in [0, 0.1) is 11.3 Å². The Morgan fingerprint density at radius 2 is 2.22 bits per heavy atom. The summed E-state index contributed by atoms with van der Waals surface area (Å²) < 4.78 is 3.49. The molecule has 18 heavy (non-hydrogen) atoms. The van der Waals surface area contributed by atoms with E-state index in [0.29, 0.717) is 17.0 Å². The molecule has 3 aromatic rings. The fourth-order valence-corrected chi connectivity index (χ4v) is 1.80. The maximum absolute atomic E-state index is 8.92. The molecule has 0 amide bonds. The van der Waals surface area contributed by atoms with Crippen LogP contribution in [-0.4, -0.2) is 29.4 Å². The van der Waals surface area contributed by atoms with Gasteiger partial charge in [-0.15, -0.1) is 10.2 Å². The van der Waals surface area contributed by atoms with E-state index in [2.05, 4.69) is 26.3 Å². The van der Waals surface area contributed by atoms with Crippen LogP contribution in [-0.2, 0) is 0 Å². The smallest absolute Gasteiger partial charge is 0.162 e. The van der Waals surface area contributed by atoms with Gasteiger partial charge in [0.1, 0.15) is 24.8 Å². The lowest BCUT2D eigenvalue weighted by Crippen LogP contribution is -2.11. The molecule has 0 N–H and O–H groups in total. The summed E-state index contributed by atoms with van der Waals surface area (Å²) in [6.07, 6.45) is 4.82. The van der Waals surface area contributed by atoms with Crippen LogP contribution < -0.4 is 0 Å². The Kier molecular flexibility index (Phi) is 2.27. The molecule has 0 spiro atoms. The molecule has 7 heteroatoms. The molecule has 0 radical (unpaired) electrons. The topological polar surface area (TPSA) is 84.7 Å².